The van der Waals surface area contributed by atoms with Gasteiger partial charge in [-0.1, -0.05) is 24.4 Å². The molecule has 21 heavy (non-hydrogen) atoms. The van der Waals surface area contributed by atoms with Gasteiger partial charge in [0.1, 0.15) is 11.6 Å². The van der Waals surface area contributed by atoms with Crippen LogP contribution in [0.3, 0.4) is 0 Å². The zero-order chi connectivity index (χ0) is 15.7. The van der Waals surface area contributed by atoms with Gasteiger partial charge >= 0.3 is 0 Å². The zero-order valence-electron chi connectivity index (χ0n) is 11.0. The fourth-order valence-corrected chi connectivity index (χ4v) is 5.22. The van der Waals surface area contributed by atoms with Crippen LogP contribution in [0.5, 0.6) is 5.75 Å². The molecular weight excluding hydrogens is 406 g/mol. The molecule has 1 fully saturated rings. The van der Waals surface area contributed by atoms with Gasteiger partial charge < -0.3 is 4.74 Å². The van der Waals surface area contributed by atoms with E-state index >= 15 is 0 Å². The van der Waals surface area contributed by atoms with Crippen molar-refractivity contribution < 1.29 is 17.5 Å². The number of benzene rings is 1. The Morgan fingerprint density at radius 2 is 1.95 bits per heavy atom. The van der Waals surface area contributed by atoms with Crippen molar-refractivity contribution in [2.45, 2.75) is 25.7 Å². The zero-order valence-corrected chi connectivity index (χ0v) is 15.0. The summed E-state index contributed by atoms with van der Waals surface area (Å²) >= 11 is 8.92. The number of hydrogen-bond acceptors (Lipinski definition) is 3. The Morgan fingerprint density at radius 1 is 1.33 bits per heavy atom. The van der Waals surface area contributed by atoms with E-state index in [1.165, 1.54) is 12.1 Å². The molecule has 3 nitrogen and oxygen atoms in total. The normalized spacial score (nSPS) is 17.9. The first-order valence-electron chi connectivity index (χ1n) is 6.40. The molecule has 118 valence electrons. The highest BCUT2D eigenvalue weighted by atomic mass is 79.9. The maximum absolute atomic E-state index is 13.5. The van der Waals surface area contributed by atoms with Gasteiger partial charge in [-0.05, 0) is 34.8 Å². The summed E-state index contributed by atoms with van der Waals surface area (Å²) in [5.74, 6) is -0.412. The van der Waals surface area contributed by atoms with Crippen LogP contribution in [0.2, 0.25) is 5.02 Å². The second kappa shape index (κ2) is 6.60. The fourth-order valence-electron chi connectivity index (χ4n) is 2.67. The summed E-state index contributed by atoms with van der Waals surface area (Å²) in [6.07, 6.45) is 3.33. The summed E-state index contributed by atoms with van der Waals surface area (Å²) in [5, 5.41) is -0.00635. The first kappa shape index (κ1) is 17.3. The largest absolute Gasteiger partial charge is 0.492 e. The quantitative estimate of drug-likeness (QED) is 0.510. The standard InChI is InChI=1S/C13H14BrCl2FO3S/c14-9-5-10(15)11(17)6-12(9)20-7-13(3-1-2-4-13)8-21(16,18)19/h5-6H,1-4,7-8H2. The van der Waals surface area contributed by atoms with Crippen molar-refractivity contribution in [1.29, 1.82) is 0 Å². The van der Waals surface area contributed by atoms with Gasteiger partial charge in [-0.15, -0.1) is 0 Å². The van der Waals surface area contributed by atoms with Crippen molar-refractivity contribution in [3.8, 4) is 5.75 Å². The molecule has 0 N–H and O–H groups in total. The van der Waals surface area contributed by atoms with Gasteiger partial charge in [0.25, 0.3) is 0 Å². The van der Waals surface area contributed by atoms with Crippen LogP contribution in [-0.4, -0.2) is 20.8 Å². The molecule has 1 saturated carbocycles. The van der Waals surface area contributed by atoms with Crippen molar-refractivity contribution in [3.63, 3.8) is 0 Å². The number of rotatable bonds is 5. The molecule has 8 heteroatoms. The third-order valence-electron chi connectivity index (χ3n) is 3.65. The SMILES string of the molecule is O=S(=O)(Cl)CC1(COc2cc(F)c(Cl)cc2Br)CCCC1. The molecule has 0 aliphatic heterocycles. The molecule has 0 aromatic heterocycles. The highest BCUT2D eigenvalue weighted by Crippen LogP contribution is 2.41. The van der Waals surface area contributed by atoms with Crippen LogP contribution in [0.15, 0.2) is 16.6 Å². The third-order valence-corrected chi connectivity index (χ3v) is 5.85. The molecule has 0 saturated heterocycles. The van der Waals surface area contributed by atoms with Crippen LogP contribution >= 0.6 is 38.2 Å². The van der Waals surface area contributed by atoms with Crippen molar-refractivity contribution in [3.05, 3.63) is 27.4 Å². The van der Waals surface area contributed by atoms with Gasteiger partial charge in [-0.2, -0.15) is 0 Å². The number of ether oxygens (including phenoxy) is 1. The summed E-state index contributed by atoms with van der Waals surface area (Å²) < 4.78 is 42.4. The van der Waals surface area contributed by atoms with Crippen LogP contribution < -0.4 is 4.74 Å². The minimum Gasteiger partial charge on any atom is -0.492 e. The Kier molecular flexibility index (Phi) is 5.45. The van der Waals surface area contributed by atoms with Gasteiger partial charge in [0.2, 0.25) is 9.05 Å². The molecule has 0 amide bonds. The molecular formula is C13H14BrCl2FO3S. The van der Waals surface area contributed by atoms with E-state index in [2.05, 4.69) is 15.9 Å². The molecule has 2 rings (SSSR count). The van der Waals surface area contributed by atoms with Crippen LogP contribution in [0.1, 0.15) is 25.7 Å². The van der Waals surface area contributed by atoms with Crippen LogP contribution in [0.4, 0.5) is 4.39 Å². The minimum absolute atomic E-state index is 0.00635. The summed E-state index contributed by atoms with van der Waals surface area (Å²) in [6.45, 7) is 0.179. The van der Waals surface area contributed by atoms with E-state index in [0.29, 0.717) is 10.2 Å². The summed E-state index contributed by atoms with van der Waals surface area (Å²) in [7, 11) is 1.78. The number of halogens is 4. The predicted molar refractivity (Wildman–Crippen MR) is 85.1 cm³/mol. The van der Waals surface area contributed by atoms with Gasteiger partial charge in [0, 0.05) is 22.2 Å². The monoisotopic (exact) mass is 418 g/mol. The second-order valence-electron chi connectivity index (χ2n) is 5.38. The summed E-state index contributed by atoms with van der Waals surface area (Å²) in [5.41, 5.74) is -0.504. The minimum atomic E-state index is -3.61. The Hall–Kier alpha value is -0.0400. The maximum atomic E-state index is 13.5. The highest BCUT2D eigenvalue weighted by molar-refractivity contribution is 9.10. The first-order valence-corrected chi connectivity index (χ1v) is 10.1. The van der Waals surface area contributed by atoms with E-state index in [0.717, 1.165) is 25.7 Å². The third kappa shape index (κ3) is 4.71. The lowest BCUT2D eigenvalue weighted by atomic mass is 9.90. The molecule has 0 radical (unpaired) electrons. The number of hydrogen-bond donors (Lipinski definition) is 0. The Morgan fingerprint density at radius 3 is 2.52 bits per heavy atom. The van der Waals surface area contributed by atoms with Gasteiger partial charge in [-0.3, -0.25) is 0 Å². The molecule has 0 heterocycles. The van der Waals surface area contributed by atoms with Crippen LogP contribution in [-0.2, 0) is 9.05 Å². The molecule has 0 spiro atoms. The summed E-state index contributed by atoms with van der Waals surface area (Å²) in [6, 6.07) is 2.59. The van der Waals surface area contributed by atoms with Gasteiger partial charge in [-0.25, -0.2) is 12.8 Å². The maximum Gasteiger partial charge on any atom is 0.233 e. The van der Waals surface area contributed by atoms with E-state index in [4.69, 9.17) is 27.0 Å². The smallest absolute Gasteiger partial charge is 0.233 e. The van der Waals surface area contributed by atoms with Gasteiger partial charge in [0.05, 0.1) is 21.9 Å². The Balaban J connectivity index is 2.14. The lowest BCUT2D eigenvalue weighted by Crippen LogP contribution is -2.32. The Bertz CT molecular complexity index is 631. The first-order chi connectivity index (χ1) is 9.71. The van der Waals surface area contributed by atoms with Crippen molar-refractivity contribution in [1.82, 2.24) is 0 Å². The van der Waals surface area contributed by atoms with Gasteiger partial charge in [0.15, 0.2) is 0 Å². The molecule has 1 aliphatic rings. The topological polar surface area (TPSA) is 43.4 Å². The highest BCUT2D eigenvalue weighted by Gasteiger charge is 2.38. The molecule has 1 aliphatic carbocycles. The molecule has 0 bridgehead atoms. The van der Waals surface area contributed by atoms with E-state index in [1.807, 2.05) is 0 Å². The fraction of sp³-hybridized carbons (Fsp3) is 0.538. The predicted octanol–water partition coefficient (Wildman–Crippen LogP) is 4.75. The lowest BCUT2D eigenvalue weighted by Gasteiger charge is -2.27. The van der Waals surface area contributed by atoms with Crippen LogP contribution in [0.25, 0.3) is 0 Å². The van der Waals surface area contributed by atoms with Crippen molar-refractivity contribution in [2.24, 2.45) is 5.41 Å². The van der Waals surface area contributed by atoms with E-state index < -0.39 is 20.3 Å². The molecule has 1 aromatic carbocycles. The van der Waals surface area contributed by atoms with Crippen LogP contribution in [0, 0.1) is 11.2 Å². The molecule has 0 unspecified atom stereocenters. The average molecular weight is 420 g/mol. The van der Waals surface area contributed by atoms with Crippen molar-refractivity contribution >= 4 is 47.3 Å². The second-order valence-corrected chi connectivity index (χ2v) is 9.41. The van der Waals surface area contributed by atoms with E-state index in [1.54, 1.807) is 0 Å². The molecule has 0 atom stereocenters. The van der Waals surface area contributed by atoms with Crippen molar-refractivity contribution in [2.75, 3.05) is 12.4 Å². The Labute approximate surface area is 141 Å². The average Bonchev–Trinajstić information content (AvgIpc) is 2.79. The van der Waals surface area contributed by atoms with E-state index in [9.17, 15) is 12.8 Å². The lowest BCUT2D eigenvalue weighted by molar-refractivity contribution is 0.169. The summed E-state index contributed by atoms with van der Waals surface area (Å²) in [4.78, 5) is 0. The van der Waals surface area contributed by atoms with E-state index in [-0.39, 0.29) is 17.4 Å². The molecule has 1 aromatic rings.